The number of benzene rings is 2. The molecule has 2 N–H and O–H groups in total. The molecule has 2 heterocycles. The smallest absolute Gasteiger partial charge is 0.408 e. The van der Waals surface area contributed by atoms with Crippen molar-refractivity contribution in [2.24, 2.45) is 0 Å². The van der Waals surface area contributed by atoms with Crippen LogP contribution in [-0.4, -0.2) is 57.0 Å². The molecular weight excluding hydrogens is 483 g/mol. The summed E-state index contributed by atoms with van der Waals surface area (Å²) >= 11 is 6.13. The second-order valence-corrected chi connectivity index (χ2v) is 10.3. The van der Waals surface area contributed by atoms with E-state index < -0.39 is 23.6 Å². The zero-order valence-electron chi connectivity index (χ0n) is 21.0. The van der Waals surface area contributed by atoms with Gasteiger partial charge in [0.1, 0.15) is 23.3 Å². The number of ether oxygens (including phenoxy) is 1. The van der Waals surface area contributed by atoms with Crippen LogP contribution in [0.4, 0.5) is 9.18 Å². The van der Waals surface area contributed by atoms with Gasteiger partial charge in [0, 0.05) is 41.5 Å². The minimum Gasteiger partial charge on any atom is -0.444 e. The summed E-state index contributed by atoms with van der Waals surface area (Å²) in [6.45, 7) is 6.68. The van der Waals surface area contributed by atoms with Crippen LogP contribution in [0.5, 0.6) is 0 Å². The molecule has 8 nitrogen and oxygen atoms in total. The summed E-state index contributed by atoms with van der Waals surface area (Å²) in [6.07, 6.45) is 2.64. The molecule has 0 aliphatic rings. The van der Waals surface area contributed by atoms with Crippen molar-refractivity contribution in [3.05, 3.63) is 71.0 Å². The minimum atomic E-state index is -0.678. The highest BCUT2D eigenvalue weighted by molar-refractivity contribution is 6.30. The first-order chi connectivity index (χ1) is 17.0. The van der Waals surface area contributed by atoms with Crippen molar-refractivity contribution in [2.75, 3.05) is 20.6 Å². The van der Waals surface area contributed by atoms with E-state index in [0.717, 1.165) is 11.1 Å². The zero-order valence-corrected chi connectivity index (χ0v) is 21.7. The molecule has 1 atom stereocenters. The maximum Gasteiger partial charge on any atom is 0.408 e. The van der Waals surface area contributed by atoms with Crippen LogP contribution in [-0.2, 0) is 11.3 Å². The number of hydrogen-bond donors (Lipinski definition) is 2. The molecule has 2 aromatic carbocycles. The Morgan fingerprint density at radius 1 is 1.25 bits per heavy atom. The summed E-state index contributed by atoms with van der Waals surface area (Å²) in [5.74, 6) is 0.152. The van der Waals surface area contributed by atoms with Crippen LogP contribution < -0.4 is 5.32 Å². The molecular formula is C26H30ClFN6O2. The van der Waals surface area contributed by atoms with Crippen LogP contribution in [0.25, 0.3) is 22.2 Å². The average Bonchev–Trinajstić information content (AvgIpc) is 3.43. The van der Waals surface area contributed by atoms with Gasteiger partial charge in [0.25, 0.3) is 0 Å². The van der Waals surface area contributed by atoms with Gasteiger partial charge in [-0.2, -0.15) is 5.10 Å². The molecule has 10 heteroatoms. The van der Waals surface area contributed by atoms with Crippen molar-refractivity contribution < 1.29 is 13.9 Å². The fraction of sp³-hybridized carbons (Fsp3) is 0.346. The van der Waals surface area contributed by atoms with Gasteiger partial charge in [0.2, 0.25) is 0 Å². The summed E-state index contributed by atoms with van der Waals surface area (Å²) in [5.41, 5.74) is 2.37. The molecule has 0 radical (unpaired) electrons. The van der Waals surface area contributed by atoms with E-state index in [-0.39, 0.29) is 0 Å². The second-order valence-electron chi connectivity index (χ2n) is 9.86. The Bertz CT molecular complexity index is 1340. The Morgan fingerprint density at radius 3 is 2.58 bits per heavy atom. The molecule has 2 aromatic heterocycles. The fourth-order valence-electron chi connectivity index (χ4n) is 3.92. The van der Waals surface area contributed by atoms with Gasteiger partial charge in [-0.15, -0.1) is 0 Å². The first-order valence-corrected chi connectivity index (χ1v) is 12.0. The number of H-pyrrole nitrogens is 1. The number of amides is 1. The van der Waals surface area contributed by atoms with Gasteiger partial charge in [-0.1, -0.05) is 23.7 Å². The SMILES string of the molecule is CN(C)CCn1c(C(NC(=O)OC(C)(C)C)c2ccc(Cl)cc2)nc2cc(F)c(-c3cn[nH]c3)cc21. The van der Waals surface area contributed by atoms with Gasteiger partial charge in [0.15, 0.2) is 0 Å². The summed E-state index contributed by atoms with van der Waals surface area (Å²) in [7, 11) is 3.95. The van der Waals surface area contributed by atoms with E-state index >= 15 is 4.39 Å². The van der Waals surface area contributed by atoms with E-state index in [1.54, 1.807) is 51.4 Å². The first kappa shape index (κ1) is 25.7. The normalized spacial score (nSPS) is 12.8. The highest BCUT2D eigenvalue weighted by atomic mass is 35.5. The van der Waals surface area contributed by atoms with Gasteiger partial charge < -0.3 is 19.5 Å². The van der Waals surface area contributed by atoms with E-state index in [1.165, 1.54) is 6.07 Å². The molecule has 0 fully saturated rings. The maximum absolute atomic E-state index is 15.1. The molecule has 190 valence electrons. The molecule has 4 aromatic rings. The van der Waals surface area contributed by atoms with Gasteiger partial charge in [0.05, 0.1) is 17.2 Å². The molecule has 0 saturated carbocycles. The number of aromatic nitrogens is 4. The molecule has 4 rings (SSSR count). The van der Waals surface area contributed by atoms with Crippen LogP contribution >= 0.6 is 11.6 Å². The standard InChI is InChI=1S/C26H30ClFN6O2/c1-26(2,3)36-25(35)32-23(16-6-8-18(27)9-7-16)24-31-21-13-20(28)19(17-14-29-30-15-17)12-22(21)34(24)11-10-33(4)5/h6-9,12-15,23H,10-11H2,1-5H3,(H,29,30)(H,32,35). The third-order valence-corrected chi connectivity index (χ3v) is 5.82. The summed E-state index contributed by atoms with van der Waals surface area (Å²) in [5, 5.41) is 10.2. The lowest BCUT2D eigenvalue weighted by Gasteiger charge is -2.25. The number of halogens is 2. The van der Waals surface area contributed by atoms with Gasteiger partial charge in [-0.25, -0.2) is 14.2 Å². The molecule has 1 amide bonds. The molecule has 0 spiro atoms. The number of aromatic amines is 1. The molecule has 1 unspecified atom stereocenters. The molecule has 0 bridgehead atoms. The number of carbonyl (C=O) groups excluding carboxylic acids is 1. The number of hydrogen-bond acceptors (Lipinski definition) is 5. The van der Waals surface area contributed by atoms with Crippen molar-refractivity contribution >= 4 is 28.7 Å². The number of nitrogens with zero attached hydrogens (tertiary/aromatic N) is 4. The number of imidazole rings is 1. The largest absolute Gasteiger partial charge is 0.444 e. The van der Waals surface area contributed by atoms with Crippen molar-refractivity contribution in [3.63, 3.8) is 0 Å². The lowest BCUT2D eigenvalue weighted by atomic mass is 10.1. The van der Waals surface area contributed by atoms with Crippen LogP contribution in [0.2, 0.25) is 5.02 Å². The zero-order chi connectivity index (χ0) is 26.0. The Kier molecular flexibility index (Phi) is 7.33. The van der Waals surface area contributed by atoms with E-state index in [9.17, 15) is 4.79 Å². The maximum atomic E-state index is 15.1. The molecule has 36 heavy (non-hydrogen) atoms. The number of nitrogens with one attached hydrogen (secondary N) is 2. The van der Waals surface area contributed by atoms with Crippen molar-refractivity contribution in [3.8, 4) is 11.1 Å². The van der Waals surface area contributed by atoms with Crippen LogP contribution in [0.3, 0.4) is 0 Å². The third kappa shape index (κ3) is 5.85. The first-order valence-electron chi connectivity index (χ1n) is 11.6. The predicted octanol–water partition coefficient (Wildman–Crippen LogP) is 5.39. The number of fused-ring (bicyclic) bond motifs is 1. The van der Waals surface area contributed by atoms with Crippen molar-refractivity contribution in [2.45, 2.75) is 39.0 Å². The highest BCUT2D eigenvalue weighted by Gasteiger charge is 2.27. The van der Waals surface area contributed by atoms with Gasteiger partial charge >= 0.3 is 6.09 Å². The highest BCUT2D eigenvalue weighted by Crippen LogP contribution is 2.32. The predicted molar refractivity (Wildman–Crippen MR) is 138 cm³/mol. The molecule has 0 aliphatic carbocycles. The Morgan fingerprint density at radius 2 is 1.97 bits per heavy atom. The van der Waals surface area contributed by atoms with Crippen LogP contribution in [0.15, 0.2) is 48.8 Å². The Balaban J connectivity index is 1.88. The van der Waals surface area contributed by atoms with E-state index in [0.29, 0.717) is 40.6 Å². The van der Waals surface area contributed by atoms with Crippen LogP contribution in [0.1, 0.15) is 38.2 Å². The number of rotatable bonds is 7. The number of alkyl carbamates (subject to hydrolysis) is 1. The summed E-state index contributed by atoms with van der Waals surface area (Å²) in [4.78, 5) is 19.7. The Hall–Kier alpha value is -3.43. The van der Waals surface area contributed by atoms with Crippen LogP contribution in [0, 0.1) is 5.82 Å². The fourth-order valence-corrected chi connectivity index (χ4v) is 4.04. The third-order valence-electron chi connectivity index (χ3n) is 5.57. The molecule has 0 aliphatic heterocycles. The minimum absolute atomic E-state index is 0.407. The van der Waals surface area contributed by atoms with Crippen molar-refractivity contribution in [1.82, 2.24) is 30.0 Å². The topological polar surface area (TPSA) is 88.1 Å². The van der Waals surface area contributed by atoms with E-state index in [1.807, 2.05) is 30.8 Å². The average molecular weight is 513 g/mol. The summed E-state index contributed by atoms with van der Waals surface area (Å²) < 4.78 is 22.7. The van der Waals surface area contributed by atoms with Crippen molar-refractivity contribution in [1.29, 1.82) is 0 Å². The summed E-state index contributed by atoms with van der Waals surface area (Å²) in [6, 6.07) is 9.70. The van der Waals surface area contributed by atoms with E-state index in [2.05, 4.69) is 20.4 Å². The number of likely N-dealkylation sites (N-methyl/N-ethyl adjacent to an activating group) is 1. The van der Waals surface area contributed by atoms with E-state index in [4.69, 9.17) is 21.3 Å². The monoisotopic (exact) mass is 512 g/mol. The molecule has 0 saturated heterocycles. The van der Waals surface area contributed by atoms with Gasteiger partial charge in [-0.05, 0) is 58.6 Å². The lowest BCUT2D eigenvalue weighted by Crippen LogP contribution is -2.36. The Labute approximate surface area is 214 Å². The number of carbonyl (C=O) groups is 1. The lowest BCUT2D eigenvalue weighted by molar-refractivity contribution is 0.0509. The van der Waals surface area contributed by atoms with Gasteiger partial charge in [-0.3, -0.25) is 5.10 Å². The quantitative estimate of drug-likeness (QED) is 0.346. The second kappa shape index (κ2) is 10.3.